The first kappa shape index (κ1) is 13.4. The third kappa shape index (κ3) is 2.06. The Balaban J connectivity index is 2.16. The summed E-state index contributed by atoms with van der Waals surface area (Å²) in [6, 6.07) is 8.80. The quantitative estimate of drug-likeness (QED) is 0.779. The van der Waals surface area contributed by atoms with Crippen LogP contribution in [0.2, 0.25) is 0 Å². The predicted octanol–water partition coefficient (Wildman–Crippen LogP) is 3.71. The second-order valence-corrected chi connectivity index (χ2v) is 5.96. The Kier molecular flexibility index (Phi) is 3.17. The fraction of sp³-hybridized carbons (Fsp3) is 0.267. The largest absolute Gasteiger partial charge is 0.480 e. The molecule has 0 amide bonds. The number of nitrogens with zero attached hydrogens (tertiary/aromatic N) is 2. The normalized spacial score (nSPS) is 21.3. The van der Waals surface area contributed by atoms with E-state index >= 15 is 0 Å². The molecule has 104 valence electrons. The fourth-order valence-corrected chi connectivity index (χ4v) is 2.96. The number of hydrogen-bond acceptors (Lipinski definition) is 2. The van der Waals surface area contributed by atoms with Gasteiger partial charge in [0.25, 0.3) is 0 Å². The Morgan fingerprint density at radius 3 is 2.95 bits per heavy atom. The second-order valence-electron chi connectivity index (χ2n) is 5.04. The first-order chi connectivity index (χ1) is 9.53. The van der Waals surface area contributed by atoms with Crippen molar-refractivity contribution in [3.8, 4) is 0 Å². The molecule has 0 N–H and O–H groups in total. The maximum Gasteiger partial charge on any atom is 0.233 e. The molecule has 3 nitrogen and oxygen atoms in total. The molecule has 0 aliphatic carbocycles. The van der Waals surface area contributed by atoms with Gasteiger partial charge in [-0.1, -0.05) is 15.9 Å². The summed E-state index contributed by atoms with van der Waals surface area (Å²) in [6.07, 6.45) is 1.96. The van der Waals surface area contributed by atoms with Crippen LogP contribution in [0.3, 0.4) is 0 Å². The van der Waals surface area contributed by atoms with Gasteiger partial charge in [0.05, 0.1) is 13.7 Å². The van der Waals surface area contributed by atoms with Gasteiger partial charge >= 0.3 is 0 Å². The second kappa shape index (κ2) is 4.74. The first-order valence-electron chi connectivity index (χ1n) is 6.28. The molecule has 0 saturated carbocycles. The van der Waals surface area contributed by atoms with Crippen molar-refractivity contribution in [3.63, 3.8) is 0 Å². The van der Waals surface area contributed by atoms with Crippen LogP contribution in [-0.2, 0) is 16.8 Å². The number of aliphatic imine (C=N–C) groups is 1. The van der Waals surface area contributed by atoms with Gasteiger partial charge in [-0.05, 0) is 37.3 Å². The van der Waals surface area contributed by atoms with Crippen LogP contribution < -0.4 is 0 Å². The summed E-state index contributed by atoms with van der Waals surface area (Å²) >= 11 is 3.39. The molecular weight excluding hydrogens is 323 g/mol. The molecule has 20 heavy (non-hydrogen) atoms. The number of aromatic nitrogens is 1. The predicted molar refractivity (Wildman–Crippen MR) is 79.4 cm³/mol. The first-order valence-corrected chi connectivity index (χ1v) is 7.08. The van der Waals surface area contributed by atoms with Crippen molar-refractivity contribution in [2.45, 2.75) is 19.0 Å². The summed E-state index contributed by atoms with van der Waals surface area (Å²) in [4.78, 5) is 4.63. The van der Waals surface area contributed by atoms with Gasteiger partial charge in [0.1, 0.15) is 17.1 Å². The van der Waals surface area contributed by atoms with Crippen molar-refractivity contribution in [3.05, 3.63) is 58.1 Å². The molecule has 0 fully saturated rings. The fourth-order valence-electron chi connectivity index (χ4n) is 2.60. The highest BCUT2D eigenvalue weighted by Gasteiger charge is 2.35. The van der Waals surface area contributed by atoms with Crippen LogP contribution in [0.1, 0.15) is 18.2 Å². The zero-order valence-electron chi connectivity index (χ0n) is 11.2. The number of rotatable bonds is 1. The minimum atomic E-state index is -0.689. The molecule has 0 bridgehead atoms. The zero-order valence-corrected chi connectivity index (χ0v) is 12.8. The lowest BCUT2D eigenvalue weighted by Crippen LogP contribution is -2.34. The van der Waals surface area contributed by atoms with E-state index in [-0.39, 0.29) is 5.82 Å². The van der Waals surface area contributed by atoms with E-state index in [1.54, 1.807) is 19.2 Å². The van der Waals surface area contributed by atoms with Crippen LogP contribution in [0.4, 0.5) is 4.39 Å². The van der Waals surface area contributed by atoms with E-state index in [0.717, 1.165) is 10.2 Å². The molecule has 0 saturated heterocycles. The van der Waals surface area contributed by atoms with Crippen LogP contribution in [-0.4, -0.2) is 17.6 Å². The van der Waals surface area contributed by atoms with Crippen molar-refractivity contribution in [1.29, 1.82) is 0 Å². The third-order valence-electron chi connectivity index (χ3n) is 3.58. The van der Waals surface area contributed by atoms with Crippen LogP contribution in [0.5, 0.6) is 0 Å². The van der Waals surface area contributed by atoms with Crippen molar-refractivity contribution >= 4 is 21.8 Å². The lowest BCUT2D eigenvalue weighted by molar-refractivity contribution is 0.334. The third-order valence-corrected chi connectivity index (χ3v) is 4.07. The van der Waals surface area contributed by atoms with Crippen molar-refractivity contribution in [1.82, 2.24) is 4.57 Å². The summed E-state index contributed by atoms with van der Waals surface area (Å²) in [5.74, 6) is 0.272. The highest BCUT2D eigenvalue weighted by molar-refractivity contribution is 9.10. The molecular formula is C15H14BrFN2O. The van der Waals surface area contributed by atoms with Gasteiger partial charge in [0.15, 0.2) is 0 Å². The molecule has 1 aromatic carbocycles. The van der Waals surface area contributed by atoms with Gasteiger partial charge in [-0.2, -0.15) is 0 Å². The lowest BCUT2D eigenvalue weighted by Gasteiger charge is -2.32. The maximum absolute atomic E-state index is 14.2. The molecule has 1 aliphatic heterocycles. The molecule has 1 aliphatic rings. The average molecular weight is 337 g/mol. The average Bonchev–Trinajstić information content (AvgIpc) is 2.88. The molecule has 0 radical (unpaired) electrons. The zero-order chi connectivity index (χ0) is 14.3. The SMILES string of the molecule is COC1=NC(C)(c2cc(Br)ccc2F)Cn2cccc21. The molecule has 5 heteroatoms. The molecule has 3 rings (SSSR count). The molecule has 2 aromatic rings. The summed E-state index contributed by atoms with van der Waals surface area (Å²) in [5.41, 5.74) is 0.784. The highest BCUT2D eigenvalue weighted by Crippen LogP contribution is 2.35. The number of hydrogen-bond donors (Lipinski definition) is 0. The van der Waals surface area contributed by atoms with Gasteiger partial charge < -0.3 is 9.30 Å². The summed E-state index contributed by atoms with van der Waals surface area (Å²) < 4.78 is 22.4. The number of fused-ring (bicyclic) bond motifs is 1. The van der Waals surface area contributed by atoms with Crippen molar-refractivity contribution in [2.75, 3.05) is 7.11 Å². The van der Waals surface area contributed by atoms with Crippen LogP contribution in [0.25, 0.3) is 0 Å². The number of benzene rings is 1. The van der Waals surface area contributed by atoms with Gasteiger partial charge in [-0.25, -0.2) is 9.38 Å². The topological polar surface area (TPSA) is 26.5 Å². The highest BCUT2D eigenvalue weighted by atomic mass is 79.9. The van der Waals surface area contributed by atoms with E-state index in [0.29, 0.717) is 18.0 Å². The molecule has 1 atom stereocenters. The standard InChI is InChI=1S/C15H14BrFN2O/c1-15(11-8-10(16)5-6-12(11)17)9-19-7-3-4-13(19)14(18-15)20-2/h3-8H,9H2,1-2H3. The Bertz CT molecular complexity index is 695. The van der Waals surface area contributed by atoms with Crippen molar-refractivity contribution in [2.24, 2.45) is 4.99 Å². The maximum atomic E-state index is 14.2. The smallest absolute Gasteiger partial charge is 0.233 e. The van der Waals surface area contributed by atoms with E-state index in [1.807, 2.05) is 29.8 Å². The van der Waals surface area contributed by atoms with E-state index < -0.39 is 5.54 Å². The van der Waals surface area contributed by atoms with Crippen LogP contribution in [0.15, 0.2) is 46.0 Å². The molecule has 1 unspecified atom stereocenters. The van der Waals surface area contributed by atoms with E-state index in [2.05, 4.69) is 20.9 Å². The van der Waals surface area contributed by atoms with Gasteiger partial charge in [0, 0.05) is 16.2 Å². The minimum Gasteiger partial charge on any atom is -0.480 e. The summed E-state index contributed by atoms with van der Waals surface area (Å²) in [5, 5.41) is 0. The van der Waals surface area contributed by atoms with E-state index in [1.165, 1.54) is 6.07 Å². The molecule has 0 spiro atoms. The van der Waals surface area contributed by atoms with Crippen LogP contribution >= 0.6 is 15.9 Å². The van der Waals surface area contributed by atoms with Gasteiger partial charge in [0.2, 0.25) is 5.90 Å². The number of ether oxygens (including phenoxy) is 1. The van der Waals surface area contributed by atoms with Crippen molar-refractivity contribution < 1.29 is 9.13 Å². The van der Waals surface area contributed by atoms with Gasteiger partial charge in [-0.3, -0.25) is 0 Å². The van der Waals surface area contributed by atoms with Crippen LogP contribution in [0, 0.1) is 5.82 Å². The Morgan fingerprint density at radius 1 is 1.40 bits per heavy atom. The summed E-state index contributed by atoms with van der Waals surface area (Å²) in [7, 11) is 1.58. The lowest BCUT2D eigenvalue weighted by atomic mass is 9.91. The Morgan fingerprint density at radius 2 is 2.20 bits per heavy atom. The minimum absolute atomic E-state index is 0.259. The molecule has 1 aromatic heterocycles. The Labute approximate surface area is 125 Å². The summed E-state index contributed by atoms with van der Waals surface area (Å²) in [6.45, 7) is 2.50. The molecule has 2 heterocycles. The monoisotopic (exact) mass is 336 g/mol. The Hall–Kier alpha value is -1.62. The van der Waals surface area contributed by atoms with E-state index in [9.17, 15) is 4.39 Å². The number of halogens is 2. The van der Waals surface area contributed by atoms with Gasteiger partial charge in [-0.15, -0.1) is 0 Å². The van der Waals surface area contributed by atoms with E-state index in [4.69, 9.17) is 4.74 Å². The number of methoxy groups -OCH3 is 1.